The molecule has 164 valence electrons. The Labute approximate surface area is 183 Å². The smallest absolute Gasteiger partial charge is 0.436 e. The molecule has 1 aliphatic carbocycles. The number of hydrogen-bond donors (Lipinski definition) is 1. The number of alkyl halides is 3. The number of carbonyl (C=O) groups is 2. The van der Waals surface area contributed by atoms with E-state index in [2.05, 4.69) is 26.3 Å². The van der Waals surface area contributed by atoms with Crippen molar-refractivity contribution in [2.75, 3.05) is 12.4 Å². The molecule has 0 fully saturated rings. The number of halogens is 4. The molecule has 1 aliphatic rings. The number of amides is 1. The number of aromatic nitrogens is 2. The largest absolute Gasteiger partial charge is 0.465 e. The van der Waals surface area contributed by atoms with Crippen molar-refractivity contribution in [1.82, 2.24) is 9.78 Å². The minimum atomic E-state index is -4.63. The van der Waals surface area contributed by atoms with Gasteiger partial charge in [0.1, 0.15) is 11.5 Å². The second-order valence-corrected chi connectivity index (χ2v) is 8.96. The number of carbonyl (C=O) groups excluding carboxylic acids is 2. The molecule has 2 aromatic heterocycles. The standard InChI is InChI=1S/C19H21BrF3N3O3S/c1-10-15(20)16(19(21,22)23)25-26(10)9-13(27)24-17-14(18(28)29-2)11-7-5-3-4-6-8-12(11)30-17/h3-9H2,1-2H3,(H,24,27). The van der Waals surface area contributed by atoms with Crippen LogP contribution in [-0.2, 0) is 35.1 Å². The van der Waals surface area contributed by atoms with Gasteiger partial charge in [-0.1, -0.05) is 12.8 Å². The highest BCUT2D eigenvalue weighted by Gasteiger charge is 2.38. The van der Waals surface area contributed by atoms with Crippen molar-refractivity contribution in [3.63, 3.8) is 0 Å². The van der Waals surface area contributed by atoms with Gasteiger partial charge in [-0.05, 0) is 54.1 Å². The number of esters is 1. The molecule has 0 saturated heterocycles. The molecule has 2 aromatic rings. The minimum absolute atomic E-state index is 0.184. The molecule has 6 nitrogen and oxygen atoms in total. The van der Waals surface area contributed by atoms with E-state index in [-0.39, 0.29) is 10.2 Å². The molecule has 0 spiro atoms. The zero-order chi connectivity index (χ0) is 22.1. The van der Waals surface area contributed by atoms with Crippen molar-refractivity contribution in [3.8, 4) is 0 Å². The van der Waals surface area contributed by atoms with Crippen LogP contribution in [0.5, 0.6) is 0 Å². The topological polar surface area (TPSA) is 73.2 Å². The van der Waals surface area contributed by atoms with Crippen LogP contribution in [0, 0.1) is 6.92 Å². The first-order chi connectivity index (χ1) is 14.1. The Bertz CT molecular complexity index is 969. The van der Waals surface area contributed by atoms with Gasteiger partial charge in [0.15, 0.2) is 5.69 Å². The highest BCUT2D eigenvalue weighted by molar-refractivity contribution is 9.10. The number of methoxy groups -OCH3 is 1. The summed E-state index contributed by atoms with van der Waals surface area (Å²) in [5, 5.41) is 6.58. The molecular weight excluding hydrogens is 487 g/mol. The Balaban J connectivity index is 1.87. The lowest BCUT2D eigenvalue weighted by molar-refractivity contribution is -0.142. The van der Waals surface area contributed by atoms with E-state index in [1.807, 2.05) is 0 Å². The maximum absolute atomic E-state index is 13.0. The van der Waals surface area contributed by atoms with E-state index in [0.717, 1.165) is 53.6 Å². The fourth-order valence-corrected chi connectivity index (χ4v) is 5.29. The second-order valence-electron chi connectivity index (χ2n) is 7.07. The summed E-state index contributed by atoms with van der Waals surface area (Å²) in [7, 11) is 1.28. The van der Waals surface area contributed by atoms with Crippen molar-refractivity contribution >= 4 is 44.1 Å². The summed E-state index contributed by atoms with van der Waals surface area (Å²) in [5.41, 5.74) is 0.354. The number of nitrogens with zero attached hydrogens (tertiary/aromatic N) is 2. The molecule has 0 unspecified atom stereocenters. The van der Waals surface area contributed by atoms with Gasteiger partial charge in [0, 0.05) is 4.88 Å². The lowest BCUT2D eigenvalue weighted by Gasteiger charge is -2.11. The predicted octanol–water partition coefficient (Wildman–Crippen LogP) is 5.12. The van der Waals surface area contributed by atoms with E-state index < -0.39 is 30.3 Å². The van der Waals surface area contributed by atoms with Crippen LogP contribution < -0.4 is 5.32 Å². The maximum Gasteiger partial charge on any atom is 0.436 e. The lowest BCUT2D eigenvalue weighted by atomic mass is 9.96. The van der Waals surface area contributed by atoms with Crippen LogP contribution >= 0.6 is 27.3 Å². The molecule has 1 amide bonds. The molecule has 30 heavy (non-hydrogen) atoms. The molecule has 0 radical (unpaired) electrons. The Kier molecular flexibility index (Phi) is 6.91. The van der Waals surface area contributed by atoms with Crippen LogP contribution in [-0.4, -0.2) is 28.8 Å². The van der Waals surface area contributed by atoms with Gasteiger partial charge in [-0.25, -0.2) is 4.79 Å². The van der Waals surface area contributed by atoms with Crippen molar-refractivity contribution in [1.29, 1.82) is 0 Å². The van der Waals surface area contributed by atoms with E-state index in [4.69, 9.17) is 4.74 Å². The molecule has 0 aromatic carbocycles. The predicted molar refractivity (Wildman–Crippen MR) is 110 cm³/mol. The SMILES string of the molecule is COC(=O)c1c(NC(=O)Cn2nc(C(F)(F)F)c(Br)c2C)sc2c1CCCCCC2. The molecule has 0 bridgehead atoms. The number of nitrogens with one attached hydrogen (secondary N) is 1. The first kappa shape index (κ1) is 22.8. The first-order valence-corrected chi connectivity index (χ1v) is 11.1. The average molecular weight is 508 g/mol. The van der Waals surface area contributed by atoms with Crippen LogP contribution in [0.15, 0.2) is 4.47 Å². The normalized spacial score (nSPS) is 14.6. The van der Waals surface area contributed by atoms with E-state index in [9.17, 15) is 22.8 Å². The van der Waals surface area contributed by atoms with Gasteiger partial charge in [-0.2, -0.15) is 18.3 Å². The highest BCUT2D eigenvalue weighted by atomic mass is 79.9. The Morgan fingerprint density at radius 2 is 1.90 bits per heavy atom. The van der Waals surface area contributed by atoms with E-state index in [1.165, 1.54) is 25.4 Å². The van der Waals surface area contributed by atoms with Crippen LogP contribution in [0.4, 0.5) is 18.2 Å². The highest BCUT2D eigenvalue weighted by Crippen LogP contribution is 2.38. The summed E-state index contributed by atoms with van der Waals surface area (Å²) >= 11 is 4.22. The summed E-state index contributed by atoms with van der Waals surface area (Å²) in [5.74, 6) is -1.10. The number of aryl methyl sites for hydroxylation is 1. The van der Waals surface area contributed by atoms with Crippen LogP contribution in [0.25, 0.3) is 0 Å². The van der Waals surface area contributed by atoms with Crippen molar-refractivity contribution < 1.29 is 27.5 Å². The summed E-state index contributed by atoms with van der Waals surface area (Å²) in [6.07, 6.45) is 1.05. The molecule has 0 atom stereocenters. The van der Waals surface area contributed by atoms with Gasteiger partial charge < -0.3 is 10.1 Å². The minimum Gasteiger partial charge on any atom is -0.465 e. The molecule has 11 heteroatoms. The van der Waals surface area contributed by atoms with Gasteiger partial charge in [0.25, 0.3) is 0 Å². The zero-order valence-electron chi connectivity index (χ0n) is 16.5. The summed E-state index contributed by atoms with van der Waals surface area (Å²) < 4.78 is 44.9. The van der Waals surface area contributed by atoms with Crippen LogP contribution in [0.2, 0.25) is 0 Å². The van der Waals surface area contributed by atoms with Crippen LogP contribution in [0.3, 0.4) is 0 Å². The molecule has 0 saturated carbocycles. The number of anilines is 1. The summed E-state index contributed by atoms with van der Waals surface area (Å²) in [6, 6.07) is 0. The Hall–Kier alpha value is -1.88. The monoisotopic (exact) mass is 507 g/mol. The van der Waals surface area contributed by atoms with E-state index in [1.54, 1.807) is 0 Å². The summed E-state index contributed by atoms with van der Waals surface area (Å²) in [4.78, 5) is 26.0. The molecular formula is C19H21BrF3N3O3S. The second kappa shape index (κ2) is 9.09. The first-order valence-electron chi connectivity index (χ1n) is 9.46. The van der Waals surface area contributed by atoms with Gasteiger partial charge in [0.05, 0.1) is 22.8 Å². The van der Waals surface area contributed by atoms with Gasteiger partial charge >= 0.3 is 12.1 Å². The number of ether oxygens (including phenoxy) is 1. The van der Waals surface area contributed by atoms with E-state index in [0.29, 0.717) is 10.6 Å². The number of fused-ring (bicyclic) bond motifs is 1. The van der Waals surface area contributed by atoms with Gasteiger partial charge in [-0.3, -0.25) is 9.48 Å². The number of rotatable bonds is 4. The third kappa shape index (κ3) is 4.72. The third-order valence-corrected chi connectivity index (χ3v) is 7.17. The van der Waals surface area contributed by atoms with Crippen molar-refractivity contribution in [2.24, 2.45) is 0 Å². The fraction of sp³-hybridized carbons (Fsp3) is 0.526. The molecule has 3 rings (SSSR count). The number of hydrogen-bond acceptors (Lipinski definition) is 5. The Morgan fingerprint density at radius 1 is 1.23 bits per heavy atom. The fourth-order valence-electron chi connectivity index (χ4n) is 3.49. The van der Waals surface area contributed by atoms with Gasteiger partial charge in [0.2, 0.25) is 5.91 Å². The average Bonchev–Trinajstić information content (AvgIpc) is 3.12. The molecule has 0 aliphatic heterocycles. The third-order valence-electron chi connectivity index (χ3n) is 5.01. The summed E-state index contributed by atoms with van der Waals surface area (Å²) in [6.45, 7) is 1.03. The quantitative estimate of drug-likeness (QED) is 0.583. The zero-order valence-corrected chi connectivity index (χ0v) is 18.9. The molecule has 2 heterocycles. The van der Waals surface area contributed by atoms with Gasteiger partial charge in [-0.15, -0.1) is 11.3 Å². The maximum atomic E-state index is 13.0. The number of thiophene rings is 1. The van der Waals surface area contributed by atoms with Crippen LogP contribution in [0.1, 0.15) is 57.9 Å². The lowest BCUT2D eigenvalue weighted by Crippen LogP contribution is -2.21. The Morgan fingerprint density at radius 3 is 2.50 bits per heavy atom. The van der Waals surface area contributed by atoms with Crippen molar-refractivity contribution in [2.45, 2.75) is 58.2 Å². The van der Waals surface area contributed by atoms with Crippen molar-refractivity contribution in [3.05, 3.63) is 31.9 Å². The van der Waals surface area contributed by atoms with E-state index >= 15 is 0 Å². The molecule has 1 N–H and O–H groups in total.